The standard InChI is InChI=1S/C15H15Cl2NO2/c1-20-15-8-10(6-7-13(15)17)18-9-14(19)11-4-2-3-5-12(11)16/h2-8,14,18-19H,9H2,1H3. The third-order valence-electron chi connectivity index (χ3n) is 2.91. The van der Waals surface area contributed by atoms with Gasteiger partial charge in [-0.2, -0.15) is 0 Å². The van der Waals surface area contributed by atoms with Crippen molar-refractivity contribution in [2.75, 3.05) is 19.0 Å². The number of halogens is 2. The predicted octanol–water partition coefficient (Wildman–Crippen LogP) is 4.15. The average molecular weight is 312 g/mol. The molecule has 0 spiro atoms. The zero-order chi connectivity index (χ0) is 14.5. The van der Waals surface area contributed by atoms with Crippen molar-refractivity contribution >= 4 is 28.9 Å². The van der Waals surface area contributed by atoms with E-state index in [9.17, 15) is 5.11 Å². The van der Waals surface area contributed by atoms with Crippen LogP contribution in [0.2, 0.25) is 10.0 Å². The molecule has 0 saturated heterocycles. The third-order valence-corrected chi connectivity index (χ3v) is 3.57. The molecule has 0 bridgehead atoms. The van der Waals surface area contributed by atoms with Gasteiger partial charge in [-0.3, -0.25) is 0 Å². The van der Waals surface area contributed by atoms with Crippen molar-refractivity contribution in [3.63, 3.8) is 0 Å². The molecule has 0 radical (unpaired) electrons. The molecule has 0 fully saturated rings. The summed E-state index contributed by atoms with van der Waals surface area (Å²) >= 11 is 12.0. The Morgan fingerprint density at radius 1 is 1.15 bits per heavy atom. The van der Waals surface area contributed by atoms with Gasteiger partial charge in [0.25, 0.3) is 0 Å². The molecule has 2 aromatic rings. The Morgan fingerprint density at radius 2 is 1.90 bits per heavy atom. The maximum Gasteiger partial charge on any atom is 0.139 e. The highest BCUT2D eigenvalue weighted by molar-refractivity contribution is 6.32. The minimum Gasteiger partial charge on any atom is -0.495 e. The summed E-state index contributed by atoms with van der Waals surface area (Å²) in [6, 6.07) is 12.6. The zero-order valence-corrected chi connectivity index (χ0v) is 12.4. The predicted molar refractivity (Wildman–Crippen MR) is 82.9 cm³/mol. The first-order valence-corrected chi connectivity index (χ1v) is 6.87. The van der Waals surface area contributed by atoms with Crippen LogP contribution in [0.1, 0.15) is 11.7 Å². The van der Waals surface area contributed by atoms with Crippen LogP contribution in [0.25, 0.3) is 0 Å². The van der Waals surface area contributed by atoms with Gasteiger partial charge in [-0.25, -0.2) is 0 Å². The van der Waals surface area contributed by atoms with Gasteiger partial charge < -0.3 is 15.2 Å². The fourth-order valence-corrected chi connectivity index (χ4v) is 2.30. The van der Waals surface area contributed by atoms with E-state index in [4.69, 9.17) is 27.9 Å². The van der Waals surface area contributed by atoms with E-state index < -0.39 is 6.10 Å². The molecular weight excluding hydrogens is 297 g/mol. The number of rotatable bonds is 5. The van der Waals surface area contributed by atoms with Gasteiger partial charge in [-0.15, -0.1) is 0 Å². The van der Waals surface area contributed by atoms with E-state index in [0.717, 1.165) is 5.69 Å². The van der Waals surface area contributed by atoms with Gasteiger partial charge in [0.1, 0.15) is 5.75 Å². The minimum atomic E-state index is -0.689. The van der Waals surface area contributed by atoms with E-state index in [-0.39, 0.29) is 0 Å². The summed E-state index contributed by atoms with van der Waals surface area (Å²) in [5.41, 5.74) is 1.51. The van der Waals surface area contributed by atoms with Gasteiger partial charge in [-0.1, -0.05) is 41.4 Å². The first-order valence-electron chi connectivity index (χ1n) is 6.11. The molecule has 2 aromatic carbocycles. The number of ether oxygens (including phenoxy) is 1. The molecule has 0 aliphatic heterocycles. The highest BCUT2D eigenvalue weighted by Crippen LogP contribution is 2.28. The van der Waals surface area contributed by atoms with E-state index in [1.165, 1.54) is 0 Å². The van der Waals surface area contributed by atoms with Crippen LogP contribution in [0.5, 0.6) is 5.75 Å². The average Bonchev–Trinajstić information content (AvgIpc) is 2.46. The molecule has 0 heterocycles. The van der Waals surface area contributed by atoms with Crippen molar-refractivity contribution in [2.45, 2.75) is 6.10 Å². The van der Waals surface area contributed by atoms with Gasteiger partial charge >= 0.3 is 0 Å². The zero-order valence-electron chi connectivity index (χ0n) is 10.9. The number of aliphatic hydroxyl groups excluding tert-OH is 1. The van der Waals surface area contributed by atoms with E-state index in [1.807, 2.05) is 18.2 Å². The van der Waals surface area contributed by atoms with Crippen molar-refractivity contribution in [1.29, 1.82) is 0 Å². The highest BCUT2D eigenvalue weighted by atomic mass is 35.5. The molecule has 0 amide bonds. The van der Waals surface area contributed by atoms with Gasteiger partial charge in [-0.05, 0) is 18.2 Å². The molecule has 1 unspecified atom stereocenters. The van der Waals surface area contributed by atoms with Crippen molar-refractivity contribution < 1.29 is 9.84 Å². The summed E-state index contributed by atoms with van der Waals surface area (Å²) in [5, 5.41) is 14.4. The summed E-state index contributed by atoms with van der Waals surface area (Å²) in [4.78, 5) is 0. The lowest BCUT2D eigenvalue weighted by molar-refractivity contribution is 0.191. The summed E-state index contributed by atoms with van der Waals surface area (Å²) in [5.74, 6) is 0.587. The molecule has 0 saturated carbocycles. The number of aliphatic hydroxyl groups is 1. The van der Waals surface area contributed by atoms with Gasteiger partial charge in [0.2, 0.25) is 0 Å². The summed E-state index contributed by atoms with van der Waals surface area (Å²) in [6.07, 6.45) is -0.689. The lowest BCUT2D eigenvalue weighted by Crippen LogP contribution is -2.12. The van der Waals surface area contributed by atoms with Crippen molar-refractivity contribution in [3.8, 4) is 5.75 Å². The second kappa shape index (κ2) is 6.84. The number of anilines is 1. The Morgan fingerprint density at radius 3 is 2.60 bits per heavy atom. The van der Waals surface area contributed by atoms with E-state index in [1.54, 1.807) is 31.4 Å². The summed E-state index contributed by atoms with van der Waals surface area (Å²) in [7, 11) is 1.56. The topological polar surface area (TPSA) is 41.5 Å². The Labute approximate surface area is 128 Å². The molecule has 0 aliphatic rings. The van der Waals surface area contributed by atoms with Crippen LogP contribution in [0.3, 0.4) is 0 Å². The second-order valence-electron chi connectivity index (χ2n) is 4.27. The largest absolute Gasteiger partial charge is 0.495 e. The van der Waals surface area contributed by atoms with Crippen molar-refractivity contribution in [1.82, 2.24) is 0 Å². The van der Waals surface area contributed by atoms with Gasteiger partial charge in [0, 0.05) is 28.9 Å². The minimum absolute atomic E-state index is 0.342. The maximum absolute atomic E-state index is 10.1. The van der Waals surface area contributed by atoms with Crippen LogP contribution in [-0.2, 0) is 0 Å². The maximum atomic E-state index is 10.1. The Hall–Kier alpha value is -1.42. The quantitative estimate of drug-likeness (QED) is 0.871. The molecule has 1 atom stereocenters. The van der Waals surface area contributed by atoms with Crippen LogP contribution in [-0.4, -0.2) is 18.8 Å². The molecule has 106 valence electrons. The second-order valence-corrected chi connectivity index (χ2v) is 5.08. The van der Waals surface area contributed by atoms with Crippen molar-refractivity contribution in [2.24, 2.45) is 0 Å². The van der Waals surface area contributed by atoms with Crippen LogP contribution in [0, 0.1) is 0 Å². The highest BCUT2D eigenvalue weighted by Gasteiger charge is 2.11. The molecule has 0 aliphatic carbocycles. The van der Waals surface area contributed by atoms with E-state index in [0.29, 0.717) is 27.9 Å². The molecular formula is C15H15Cl2NO2. The fourth-order valence-electron chi connectivity index (χ4n) is 1.84. The van der Waals surface area contributed by atoms with Gasteiger partial charge in [0.15, 0.2) is 0 Å². The Balaban J connectivity index is 2.03. The fraction of sp³-hybridized carbons (Fsp3) is 0.200. The lowest BCUT2D eigenvalue weighted by atomic mass is 10.1. The monoisotopic (exact) mass is 311 g/mol. The SMILES string of the molecule is COc1cc(NCC(O)c2ccccc2Cl)ccc1Cl. The third kappa shape index (κ3) is 3.57. The van der Waals surface area contributed by atoms with Crippen LogP contribution < -0.4 is 10.1 Å². The van der Waals surface area contributed by atoms with E-state index >= 15 is 0 Å². The molecule has 2 rings (SSSR count). The molecule has 3 nitrogen and oxygen atoms in total. The number of methoxy groups -OCH3 is 1. The van der Waals surface area contributed by atoms with Crippen LogP contribution >= 0.6 is 23.2 Å². The molecule has 0 aromatic heterocycles. The van der Waals surface area contributed by atoms with Crippen molar-refractivity contribution in [3.05, 3.63) is 58.1 Å². The van der Waals surface area contributed by atoms with Gasteiger partial charge in [0.05, 0.1) is 18.2 Å². The summed E-state index contributed by atoms with van der Waals surface area (Å²) < 4.78 is 5.14. The van der Waals surface area contributed by atoms with E-state index in [2.05, 4.69) is 5.32 Å². The molecule has 20 heavy (non-hydrogen) atoms. The number of hydrogen-bond donors (Lipinski definition) is 2. The first-order chi connectivity index (χ1) is 9.61. The number of benzene rings is 2. The summed E-state index contributed by atoms with van der Waals surface area (Å²) in [6.45, 7) is 0.342. The first kappa shape index (κ1) is 15.0. The Bertz CT molecular complexity index is 590. The van der Waals surface area contributed by atoms with Crippen LogP contribution in [0.4, 0.5) is 5.69 Å². The normalized spacial score (nSPS) is 12.0. The number of nitrogens with one attached hydrogen (secondary N) is 1. The number of hydrogen-bond acceptors (Lipinski definition) is 3. The smallest absolute Gasteiger partial charge is 0.139 e. The van der Waals surface area contributed by atoms with Crippen LogP contribution in [0.15, 0.2) is 42.5 Å². The Kier molecular flexibility index (Phi) is 5.12. The molecule has 5 heteroatoms. The molecule has 2 N–H and O–H groups in total. The lowest BCUT2D eigenvalue weighted by Gasteiger charge is -2.15.